The predicted octanol–water partition coefficient (Wildman–Crippen LogP) is 3.72. The Morgan fingerprint density at radius 1 is 1.23 bits per heavy atom. The summed E-state index contributed by atoms with van der Waals surface area (Å²) in [5.74, 6) is -1.15. The number of hydrogen-bond acceptors (Lipinski definition) is 4. The second kappa shape index (κ2) is 6.22. The van der Waals surface area contributed by atoms with Crippen LogP contribution in [0, 0.1) is 16.6 Å². The molecule has 3 atom stereocenters. The summed E-state index contributed by atoms with van der Waals surface area (Å²) in [4.78, 5) is 25.9. The third-order valence-electron chi connectivity index (χ3n) is 6.01. The van der Waals surface area contributed by atoms with Crippen molar-refractivity contribution in [2.45, 2.75) is 52.5 Å². The van der Waals surface area contributed by atoms with Crippen molar-refractivity contribution in [1.82, 2.24) is 5.32 Å². The SMILES string of the molecule is COC(=O)C1=C(C)NC2CC(C)(C)CC(=O)C2(C)C1c1ccc(F)cc1. The average molecular weight is 359 g/mol. The maximum absolute atomic E-state index is 13.5. The number of hydrogen-bond donors (Lipinski definition) is 1. The number of carbonyl (C=O) groups is 2. The maximum atomic E-state index is 13.5. The van der Waals surface area contributed by atoms with Crippen LogP contribution < -0.4 is 5.32 Å². The van der Waals surface area contributed by atoms with Crippen LogP contribution in [0.15, 0.2) is 35.5 Å². The number of Topliss-reactive ketones (excluding diaryl/α,β-unsaturated/α-hetero) is 1. The summed E-state index contributed by atoms with van der Waals surface area (Å²) < 4.78 is 18.5. The van der Waals surface area contributed by atoms with Crippen molar-refractivity contribution in [2.75, 3.05) is 7.11 Å². The van der Waals surface area contributed by atoms with Gasteiger partial charge >= 0.3 is 5.97 Å². The zero-order valence-corrected chi connectivity index (χ0v) is 16.0. The minimum Gasteiger partial charge on any atom is -0.466 e. The second-order valence-electron chi connectivity index (χ2n) is 8.46. The van der Waals surface area contributed by atoms with E-state index in [1.165, 1.54) is 19.2 Å². The van der Waals surface area contributed by atoms with E-state index in [1.807, 2.05) is 13.8 Å². The van der Waals surface area contributed by atoms with Gasteiger partial charge in [0.25, 0.3) is 0 Å². The summed E-state index contributed by atoms with van der Waals surface area (Å²) in [5, 5.41) is 3.41. The zero-order chi connectivity index (χ0) is 19.3. The molecular formula is C21H26FNO3. The number of carbonyl (C=O) groups excluding carboxylic acids is 2. The van der Waals surface area contributed by atoms with E-state index in [-0.39, 0.29) is 23.1 Å². The van der Waals surface area contributed by atoms with Gasteiger partial charge in [-0.15, -0.1) is 0 Å². The van der Waals surface area contributed by atoms with Crippen LogP contribution in [0.4, 0.5) is 4.39 Å². The predicted molar refractivity (Wildman–Crippen MR) is 96.9 cm³/mol. The molecule has 3 rings (SSSR count). The van der Waals surface area contributed by atoms with Gasteiger partial charge in [-0.25, -0.2) is 9.18 Å². The number of benzene rings is 1. The molecule has 3 unspecified atom stereocenters. The monoisotopic (exact) mass is 359 g/mol. The molecule has 1 aliphatic carbocycles. The quantitative estimate of drug-likeness (QED) is 0.818. The van der Waals surface area contributed by atoms with Crippen molar-refractivity contribution in [2.24, 2.45) is 10.8 Å². The molecular weight excluding hydrogens is 333 g/mol. The standard InChI is InChI=1S/C21H26FNO3/c1-12-17(19(25)26-5)18(13-6-8-14(22)9-7-13)21(4)15(23-12)10-20(2,3)11-16(21)24/h6-9,15,18,23H,10-11H2,1-5H3. The molecule has 26 heavy (non-hydrogen) atoms. The molecule has 0 spiro atoms. The van der Waals surface area contributed by atoms with E-state index >= 15 is 0 Å². The fraction of sp³-hybridized carbons (Fsp3) is 0.524. The van der Waals surface area contributed by atoms with Crippen LogP contribution in [0.25, 0.3) is 0 Å². The minimum absolute atomic E-state index is 0.0952. The Hall–Kier alpha value is -2.17. The van der Waals surface area contributed by atoms with E-state index in [9.17, 15) is 14.0 Å². The zero-order valence-electron chi connectivity index (χ0n) is 16.0. The van der Waals surface area contributed by atoms with Gasteiger partial charge in [0, 0.05) is 24.1 Å². The number of ether oxygens (including phenoxy) is 1. The number of rotatable bonds is 2. The number of methoxy groups -OCH3 is 1. The van der Waals surface area contributed by atoms with Gasteiger partial charge in [0.2, 0.25) is 0 Å². The van der Waals surface area contributed by atoms with Crippen molar-refractivity contribution in [3.8, 4) is 0 Å². The molecule has 1 aromatic rings. The number of allylic oxidation sites excluding steroid dienone is 1. The van der Waals surface area contributed by atoms with E-state index in [1.54, 1.807) is 12.1 Å². The van der Waals surface area contributed by atoms with Gasteiger partial charge in [-0.2, -0.15) is 0 Å². The highest BCUT2D eigenvalue weighted by molar-refractivity contribution is 5.96. The number of nitrogens with one attached hydrogen (secondary N) is 1. The molecule has 4 nitrogen and oxygen atoms in total. The molecule has 1 N–H and O–H groups in total. The molecule has 1 fully saturated rings. The minimum atomic E-state index is -0.795. The van der Waals surface area contributed by atoms with E-state index in [0.717, 1.165) is 17.7 Å². The molecule has 0 bridgehead atoms. The first-order valence-corrected chi connectivity index (χ1v) is 8.94. The number of ketones is 1. The summed E-state index contributed by atoms with van der Waals surface area (Å²) in [5.41, 5.74) is 1.03. The lowest BCUT2D eigenvalue weighted by molar-refractivity contribution is -0.141. The molecule has 0 aromatic heterocycles. The second-order valence-corrected chi connectivity index (χ2v) is 8.46. The van der Waals surface area contributed by atoms with E-state index < -0.39 is 17.3 Å². The fourth-order valence-electron chi connectivity index (χ4n) is 4.62. The van der Waals surface area contributed by atoms with Gasteiger partial charge in [-0.3, -0.25) is 4.79 Å². The number of fused-ring (bicyclic) bond motifs is 1. The third kappa shape index (κ3) is 2.83. The summed E-state index contributed by atoms with van der Waals surface area (Å²) in [6.45, 7) is 7.95. The molecule has 1 aliphatic heterocycles. The first-order valence-electron chi connectivity index (χ1n) is 8.94. The Morgan fingerprint density at radius 2 is 1.85 bits per heavy atom. The van der Waals surface area contributed by atoms with Gasteiger partial charge in [0.05, 0.1) is 18.1 Å². The highest BCUT2D eigenvalue weighted by atomic mass is 19.1. The Balaban J connectivity index is 2.22. The lowest BCUT2D eigenvalue weighted by atomic mass is 9.53. The topological polar surface area (TPSA) is 55.4 Å². The van der Waals surface area contributed by atoms with Crippen molar-refractivity contribution in [3.05, 3.63) is 46.9 Å². The van der Waals surface area contributed by atoms with Crippen molar-refractivity contribution < 1.29 is 18.7 Å². The van der Waals surface area contributed by atoms with Gasteiger partial charge in [0.1, 0.15) is 11.6 Å². The van der Waals surface area contributed by atoms with Gasteiger partial charge in [0.15, 0.2) is 0 Å². The molecule has 1 aromatic carbocycles. The normalized spacial score (nSPS) is 30.5. The van der Waals surface area contributed by atoms with Gasteiger partial charge in [-0.05, 0) is 43.4 Å². The first kappa shape index (κ1) is 18.6. The summed E-state index contributed by atoms with van der Waals surface area (Å²) in [7, 11) is 1.34. The Labute approximate surface area is 153 Å². The molecule has 2 aliphatic rings. The molecule has 0 saturated heterocycles. The fourth-order valence-corrected chi connectivity index (χ4v) is 4.62. The average Bonchev–Trinajstić information content (AvgIpc) is 2.56. The largest absolute Gasteiger partial charge is 0.466 e. The van der Waals surface area contributed by atoms with Crippen LogP contribution in [0.1, 0.15) is 52.0 Å². The third-order valence-corrected chi connectivity index (χ3v) is 6.01. The number of esters is 1. The molecule has 1 heterocycles. The Morgan fingerprint density at radius 3 is 2.42 bits per heavy atom. The lowest BCUT2D eigenvalue weighted by Gasteiger charge is -2.53. The molecule has 0 amide bonds. The molecule has 1 saturated carbocycles. The molecule has 5 heteroatoms. The van der Waals surface area contributed by atoms with Crippen LogP contribution in [0.5, 0.6) is 0 Å². The number of halogens is 1. The maximum Gasteiger partial charge on any atom is 0.336 e. The van der Waals surface area contributed by atoms with E-state index in [2.05, 4.69) is 19.2 Å². The van der Waals surface area contributed by atoms with Crippen LogP contribution in [-0.2, 0) is 14.3 Å². The van der Waals surface area contributed by atoms with Crippen LogP contribution >= 0.6 is 0 Å². The van der Waals surface area contributed by atoms with Crippen LogP contribution in [-0.4, -0.2) is 24.9 Å². The van der Waals surface area contributed by atoms with Crippen LogP contribution in [0.3, 0.4) is 0 Å². The van der Waals surface area contributed by atoms with Gasteiger partial charge in [-0.1, -0.05) is 26.0 Å². The summed E-state index contributed by atoms with van der Waals surface area (Å²) in [6.07, 6.45) is 1.27. The smallest absolute Gasteiger partial charge is 0.336 e. The lowest BCUT2D eigenvalue weighted by Crippen LogP contribution is -2.60. The summed E-state index contributed by atoms with van der Waals surface area (Å²) in [6, 6.07) is 5.98. The van der Waals surface area contributed by atoms with Crippen LogP contribution in [0.2, 0.25) is 0 Å². The molecule has 140 valence electrons. The van der Waals surface area contributed by atoms with Crippen molar-refractivity contribution in [1.29, 1.82) is 0 Å². The van der Waals surface area contributed by atoms with Gasteiger partial charge < -0.3 is 10.1 Å². The molecule has 0 radical (unpaired) electrons. The Bertz CT molecular complexity index is 781. The van der Waals surface area contributed by atoms with E-state index in [0.29, 0.717) is 12.0 Å². The Kier molecular flexibility index (Phi) is 4.45. The van der Waals surface area contributed by atoms with Crippen molar-refractivity contribution in [3.63, 3.8) is 0 Å². The summed E-state index contributed by atoms with van der Waals surface area (Å²) >= 11 is 0. The van der Waals surface area contributed by atoms with E-state index in [4.69, 9.17) is 4.74 Å². The first-order chi connectivity index (χ1) is 12.1. The highest BCUT2D eigenvalue weighted by Gasteiger charge is 2.58. The highest BCUT2D eigenvalue weighted by Crippen LogP contribution is 2.55. The van der Waals surface area contributed by atoms with Crippen molar-refractivity contribution >= 4 is 11.8 Å².